The molecule has 1 fully saturated rings. The summed E-state index contributed by atoms with van der Waals surface area (Å²) >= 11 is 0. The third-order valence-electron chi connectivity index (χ3n) is 3.84. The summed E-state index contributed by atoms with van der Waals surface area (Å²) in [6, 6.07) is 3.75. The van der Waals surface area contributed by atoms with Gasteiger partial charge in [-0.15, -0.1) is 0 Å². The summed E-state index contributed by atoms with van der Waals surface area (Å²) in [4.78, 5) is 10.7. The van der Waals surface area contributed by atoms with Gasteiger partial charge in [0, 0.05) is 6.04 Å². The Morgan fingerprint density at radius 1 is 1.44 bits per heavy atom. The summed E-state index contributed by atoms with van der Waals surface area (Å²) in [6.45, 7) is 5.19. The average molecular weight is 251 g/mol. The van der Waals surface area contributed by atoms with E-state index in [-0.39, 0.29) is 5.76 Å². The van der Waals surface area contributed by atoms with E-state index in [0.29, 0.717) is 24.3 Å². The molecule has 0 amide bonds. The Balaban J connectivity index is 1.85. The molecule has 0 radical (unpaired) electrons. The van der Waals surface area contributed by atoms with Crippen molar-refractivity contribution in [1.29, 1.82) is 0 Å². The molecule has 1 aromatic heterocycles. The first-order chi connectivity index (χ1) is 8.56. The van der Waals surface area contributed by atoms with Crippen molar-refractivity contribution < 1.29 is 14.3 Å². The monoisotopic (exact) mass is 251 g/mol. The molecule has 3 unspecified atom stereocenters. The van der Waals surface area contributed by atoms with Crippen LogP contribution in [0.15, 0.2) is 16.5 Å². The van der Waals surface area contributed by atoms with Crippen LogP contribution in [-0.4, -0.2) is 17.1 Å². The Hall–Kier alpha value is -1.29. The van der Waals surface area contributed by atoms with Gasteiger partial charge in [0.1, 0.15) is 5.76 Å². The fourth-order valence-electron chi connectivity index (χ4n) is 2.79. The average Bonchev–Trinajstić information content (AvgIpc) is 2.76. The standard InChI is InChI=1S/C14H21NO3/c1-9-3-5-12(10(2)7-9)15-8-11-4-6-13(18-11)14(16)17/h4,6,9-10,12,15H,3,5,7-8H2,1-2H3,(H,16,17). The van der Waals surface area contributed by atoms with Crippen LogP contribution >= 0.6 is 0 Å². The Kier molecular flexibility index (Phi) is 4.07. The highest BCUT2D eigenvalue weighted by Gasteiger charge is 2.25. The number of hydrogen-bond donors (Lipinski definition) is 2. The van der Waals surface area contributed by atoms with E-state index in [0.717, 1.165) is 5.92 Å². The van der Waals surface area contributed by atoms with Crippen LogP contribution in [0.1, 0.15) is 49.4 Å². The second kappa shape index (κ2) is 5.57. The lowest BCUT2D eigenvalue weighted by Gasteiger charge is -2.33. The fraction of sp³-hybridized carbons (Fsp3) is 0.643. The predicted molar refractivity (Wildman–Crippen MR) is 68.5 cm³/mol. The first kappa shape index (κ1) is 13.1. The van der Waals surface area contributed by atoms with Crippen LogP contribution in [0.5, 0.6) is 0 Å². The van der Waals surface area contributed by atoms with Crippen LogP contribution in [0.25, 0.3) is 0 Å². The van der Waals surface area contributed by atoms with Crippen molar-refractivity contribution in [3.63, 3.8) is 0 Å². The second-order valence-electron chi connectivity index (χ2n) is 5.45. The van der Waals surface area contributed by atoms with Crippen molar-refractivity contribution in [1.82, 2.24) is 5.32 Å². The molecule has 1 aromatic rings. The fourth-order valence-corrected chi connectivity index (χ4v) is 2.79. The normalized spacial score (nSPS) is 28.2. The van der Waals surface area contributed by atoms with Gasteiger partial charge in [0.25, 0.3) is 0 Å². The summed E-state index contributed by atoms with van der Waals surface area (Å²) in [5, 5.41) is 12.2. The Bertz CT molecular complexity index is 413. The van der Waals surface area contributed by atoms with Gasteiger partial charge in [0.05, 0.1) is 6.54 Å². The zero-order valence-corrected chi connectivity index (χ0v) is 11.0. The number of nitrogens with one attached hydrogen (secondary N) is 1. The zero-order valence-electron chi connectivity index (χ0n) is 11.0. The van der Waals surface area contributed by atoms with E-state index in [1.54, 1.807) is 6.07 Å². The first-order valence-electron chi connectivity index (χ1n) is 6.61. The molecule has 0 spiro atoms. The molecule has 0 bridgehead atoms. The summed E-state index contributed by atoms with van der Waals surface area (Å²) < 4.78 is 5.23. The van der Waals surface area contributed by atoms with E-state index < -0.39 is 5.97 Å². The maximum atomic E-state index is 10.7. The van der Waals surface area contributed by atoms with Gasteiger partial charge in [-0.3, -0.25) is 0 Å². The van der Waals surface area contributed by atoms with Crippen LogP contribution in [0.3, 0.4) is 0 Å². The molecule has 1 heterocycles. The topological polar surface area (TPSA) is 62.5 Å². The third kappa shape index (κ3) is 3.13. The lowest BCUT2D eigenvalue weighted by atomic mass is 9.80. The van der Waals surface area contributed by atoms with Crippen LogP contribution in [-0.2, 0) is 6.54 Å². The van der Waals surface area contributed by atoms with Crippen molar-refractivity contribution >= 4 is 5.97 Å². The quantitative estimate of drug-likeness (QED) is 0.863. The van der Waals surface area contributed by atoms with Gasteiger partial charge in [-0.1, -0.05) is 13.8 Å². The first-order valence-corrected chi connectivity index (χ1v) is 6.61. The van der Waals surface area contributed by atoms with Crippen LogP contribution in [0.2, 0.25) is 0 Å². The molecule has 0 saturated heterocycles. The highest BCUT2D eigenvalue weighted by Crippen LogP contribution is 2.28. The second-order valence-corrected chi connectivity index (χ2v) is 5.45. The van der Waals surface area contributed by atoms with Gasteiger partial charge in [-0.2, -0.15) is 0 Å². The largest absolute Gasteiger partial charge is 0.475 e. The lowest BCUT2D eigenvalue weighted by Crippen LogP contribution is -2.38. The van der Waals surface area contributed by atoms with E-state index >= 15 is 0 Å². The van der Waals surface area contributed by atoms with Crippen LogP contribution in [0.4, 0.5) is 0 Å². The van der Waals surface area contributed by atoms with Crippen LogP contribution in [0, 0.1) is 11.8 Å². The van der Waals surface area contributed by atoms with E-state index in [9.17, 15) is 4.79 Å². The molecule has 0 aromatic carbocycles. The molecule has 1 aliphatic carbocycles. The summed E-state index contributed by atoms with van der Waals surface area (Å²) in [5.74, 6) is 1.18. The SMILES string of the molecule is CC1CCC(NCc2ccc(C(=O)O)o2)C(C)C1. The highest BCUT2D eigenvalue weighted by atomic mass is 16.4. The number of furan rings is 1. The molecule has 1 aliphatic rings. The van der Waals surface area contributed by atoms with Gasteiger partial charge in [-0.05, 0) is 43.2 Å². The zero-order chi connectivity index (χ0) is 13.1. The lowest BCUT2D eigenvalue weighted by molar-refractivity contribution is 0.0660. The minimum absolute atomic E-state index is 0.0112. The molecular formula is C14H21NO3. The highest BCUT2D eigenvalue weighted by molar-refractivity contribution is 5.84. The maximum absolute atomic E-state index is 10.7. The van der Waals surface area contributed by atoms with Crippen molar-refractivity contribution in [2.75, 3.05) is 0 Å². The summed E-state index contributed by atoms with van der Waals surface area (Å²) in [7, 11) is 0. The van der Waals surface area contributed by atoms with Crippen molar-refractivity contribution in [2.45, 2.75) is 45.7 Å². The number of aromatic carboxylic acids is 1. The van der Waals surface area contributed by atoms with E-state index in [2.05, 4.69) is 19.2 Å². The molecule has 100 valence electrons. The van der Waals surface area contributed by atoms with Crippen molar-refractivity contribution in [2.24, 2.45) is 11.8 Å². The Morgan fingerprint density at radius 2 is 2.22 bits per heavy atom. The van der Waals surface area contributed by atoms with E-state index in [1.807, 2.05) is 0 Å². The summed E-state index contributed by atoms with van der Waals surface area (Å²) in [5.41, 5.74) is 0. The molecule has 3 atom stereocenters. The Labute approximate surface area is 107 Å². The van der Waals surface area contributed by atoms with Gasteiger partial charge < -0.3 is 14.8 Å². The molecule has 4 heteroatoms. The number of carboxylic acids is 1. The number of hydrogen-bond acceptors (Lipinski definition) is 3. The van der Waals surface area contributed by atoms with Gasteiger partial charge in [-0.25, -0.2) is 4.79 Å². The minimum Gasteiger partial charge on any atom is -0.475 e. The van der Waals surface area contributed by atoms with Crippen molar-refractivity contribution in [3.8, 4) is 0 Å². The molecule has 1 saturated carbocycles. The molecule has 18 heavy (non-hydrogen) atoms. The number of rotatable bonds is 4. The molecule has 2 N–H and O–H groups in total. The van der Waals surface area contributed by atoms with Gasteiger partial charge in [0.15, 0.2) is 0 Å². The maximum Gasteiger partial charge on any atom is 0.371 e. The summed E-state index contributed by atoms with van der Waals surface area (Å²) in [6.07, 6.45) is 3.71. The molecule has 2 rings (SSSR count). The number of carboxylic acid groups (broad SMARTS) is 1. The smallest absolute Gasteiger partial charge is 0.371 e. The van der Waals surface area contributed by atoms with E-state index in [1.165, 1.54) is 25.3 Å². The number of carbonyl (C=O) groups is 1. The Morgan fingerprint density at radius 3 is 2.83 bits per heavy atom. The van der Waals surface area contributed by atoms with Crippen molar-refractivity contribution in [3.05, 3.63) is 23.7 Å². The van der Waals surface area contributed by atoms with Gasteiger partial charge in [0.2, 0.25) is 5.76 Å². The molecule has 4 nitrogen and oxygen atoms in total. The molecule has 0 aliphatic heterocycles. The van der Waals surface area contributed by atoms with Gasteiger partial charge >= 0.3 is 5.97 Å². The van der Waals surface area contributed by atoms with Crippen LogP contribution < -0.4 is 5.32 Å². The minimum atomic E-state index is -1.01. The molecular weight excluding hydrogens is 230 g/mol. The van der Waals surface area contributed by atoms with E-state index in [4.69, 9.17) is 9.52 Å². The predicted octanol–water partition coefficient (Wildman–Crippen LogP) is 2.89. The third-order valence-corrected chi connectivity index (χ3v) is 3.84.